The second-order valence-electron chi connectivity index (χ2n) is 4.56. The van der Waals surface area contributed by atoms with Crippen LogP contribution in [0.1, 0.15) is 38.5 Å². The van der Waals surface area contributed by atoms with Gasteiger partial charge in [0.1, 0.15) is 0 Å². The van der Waals surface area contributed by atoms with Gasteiger partial charge < -0.3 is 15.5 Å². The van der Waals surface area contributed by atoms with Crippen LogP contribution in [0.3, 0.4) is 0 Å². The number of aliphatic hydroxyl groups excluding tert-OH is 1. The zero-order valence-electron chi connectivity index (χ0n) is 9.33. The Morgan fingerprint density at radius 1 is 1.40 bits per heavy atom. The summed E-state index contributed by atoms with van der Waals surface area (Å²) >= 11 is 0. The molecule has 0 radical (unpaired) electrons. The van der Waals surface area contributed by atoms with Crippen LogP contribution in [-0.2, 0) is 4.79 Å². The third kappa shape index (κ3) is 3.18. The molecule has 1 aliphatic rings. The van der Waals surface area contributed by atoms with Crippen molar-refractivity contribution < 1.29 is 15.0 Å². The normalized spacial score (nSPS) is 22.3. The van der Waals surface area contributed by atoms with Gasteiger partial charge in [0, 0.05) is 6.54 Å². The van der Waals surface area contributed by atoms with Crippen LogP contribution in [0.4, 0.5) is 0 Å². The van der Waals surface area contributed by atoms with Gasteiger partial charge in [0.2, 0.25) is 0 Å². The lowest BCUT2D eigenvalue weighted by molar-refractivity contribution is -0.153. The average Bonchev–Trinajstić information content (AvgIpc) is 2.19. The molecule has 4 nitrogen and oxygen atoms in total. The molecule has 1 rings (SSSR count). The Morgan fingerprint density at radius 3 is 2.47 bits per heavy atom. The molecule has 1 fully saturated rings. The minimum atomic E-state index is -0.739. The maximum atomic E-state index is 11.3. The highest BCUT2D eigenvalue weighted by molar-refractivity contribution is 5.74. The van der Waals surface area contributed by atoms with E-state index in [4.69, 9.17) is 0 Å². The number of hydrogen-bond donors (Lipinski definition) is 3. The van der Waals surface area contributed by atoms with Crippen molar-refractivity contribution in [3.05, 3.63) is 0 Å². The Morgan fingerprint density at radius 2 is 2.00 bits per heavy atom. The Labute approximate surface area is 90.7 Å². The summed E-state index contributed by atoms with van der Waals surface area (Å²) in [5.74, 6) is -0.739. The van der Waals surface area contributed by atoms with E-state index in [0.717, 1.165) is 19.3 Å². The van der Waals surface area contributed by atoms with Crippen LogP contribution >= 0.6 is 0 Å². The van der Waals surface area contributed by atoms with Gasteiger partial charge in [0.25, 0.3) is 0 Å². The molecule has 4 heteroatoms. The van der Waals surface area contributed by atoms with Gasteiger partial charge in [-0.2, -0.15) is 0 Å². The first-order valence-corrected chi connectivity index (χ1v) is 5.67. The van der Waals surface area contributed by atoms with Crippen LogP contribution < -0.4 is 5.32 Å². The molecule has 15 heavy (non-hydrogen) atoms. The van der Waals surface area contributed by atoms with Gasteiger partial charge in [-0.05, 0) is 26.3 Å². The number of carbonyl (C=O) groups is 1. The average molecular weight is 215 g/mol. The number of aliphatic hydroxyl groups is 1. The van der Waals surface area contributed by atoms with Gasteiger partial charge in [-0.3, -0.25) is 4.79 Å². The van der Waals surface area contributed by atoms with Crippen LogP contribution in [-0.4, -0.2) is 35.9 Å². The SMILES string of the molecule is CNCC(O)CC1(C(=O)O)CCCCC1. The van der Waals surface area contributed by atoms with E-state index in [-0.39, 0.29) is 0 Å². The Bertz CT molecular complexity index is 212. The highest BCUT2D eigenvalue weighted by Gasteiger charge is 2.40. The molecule has 1 saturated carbocycles. The minimum absolute atomic E-state index is 0.378. The monoisotopic (exact) mass is 215 g/mol. The van der Waals surface area contributed by atoms with Gasteiger partial charge >= 0.3 is 5.97 Å². The summed E-state index contributed by atoms with van der Waals surface area (Å²) in [4.78, 5) is 11.3. The summed E-state index contributed by atoms with van der Waals surface area (Å²) in [7, 11) is 1.76. The standard InChI is InChI=1S/C11H21NO3/c1-12-8-9(13)7-11(10(14)15)5-3-2-4-6-11/h9,12-13H,2-8H2,1H3,(H,14,15). The van der Waals surface area contributed by atoms with E-state index in [1.807, 2.05) is 0 Å². The summed E-state index contributed by atoms with van der Waals surface area (Å²) in [6.07, 6.45) is 4.31. The van der Waals surface area contributed by atoms with E-state index in [0.29, 0.717) is 25.8 Å². The topological polar surface area (TPSA) is 69.6 Å². The molecule has 1 unspecified atom stereocenters. The highest BCUT2D eigenvalue weighted by Crippen LogP contribution is 2.40. The van der Waals surface area contributed by atoms with Crippen molar-refractivity contribution in [2.45, 2.75) is 44.6 Å². The first kappa shape index (κ1) is 12.5. The molecule has 0 aliphatic heterocycles. The summed E-state index contributed by atoms with van der Waals surface area (Å²) in [5.41, 5.74) is -0.672. The number of carboxylic acids is 1. The van der Waals surface area contributed by atoms with Crippen molar-refractivity contribution in [1.29, 1.82) is 0 Å². The van der Waals surface area contributed by atoms with Crippen molar-refractivity contribution in [3.63, 3.8) is 0 Å². The first-order valence-electron chi connectivity index (χ1n) is 5.67. The maximum absolute atomic E-state index is 11.3. The number of hydrogen-bond acceptors (Lipinski definition) is 3. The Kier molecular flexibility index (Phi) is 4.54. The molecule has 0 aromatic heterocycles. The summed E-state index contributed by atoms with van der Waals surface area (Å²) in [6, 6.07) is 0. The van der Waals surface area contributed by atoms with E-state index in [2.05, 4.69) is 5.32 Å². The van der Waals surface area contributed by atoms with Crippen molar-refractivity contribution in [2.75, 3.05) is 13.6 Å². The van der Waals surface area contributed by atoms with E-state index >= 15 is 0 Å². The number of rotatable bonds is 5. The smallest absolute Gasteiger partial charge is 0.309 e. The van der Waals surface area contributed by atoms with Crippen molar-refractivity contribution in [3.8, 4) is 0 Å². The minimum Gasteiger partial charge on any atom is -0.481 e. The van der Waals surface area contributed by atoms with E-state index in [1.165, 1.54) is 0 Å². The van der Waals surface area contributed by atoms with Crippen molar-refractivity contribution in [1.82, 2.24) is 5.32 Å². The van der Waals surface area contributed by atoms with Gasteiger partial charge in [-0.25, -0.2) is 0 Å². The fourth-order valence-corrected chi connectivity index (χ4v) is 2.49. The fraction of sp³-hybridized carbons (Fsp3) is 0.909. The fourth-order valence-electron chi connectivity index (χ4n) is 2.49. The first-order chi connectivity index (χ1) is 7.10. The van der Waals surface area contributed by atoms with Crippen LogP contribution in [0.5, 0.6) is 0 Å². The second-order valence-corrected chi connectivity index (χ2v) is 4.56. The second kappa shape index (κ2) is 5.47. The molecule has 0 spiro atoms. The Balaban J connectivity index is 2.60. The Hall–Kier alpha value is -0.610. The molecule has 0 amide bonds. The summed E-state index contributed by atoms with van der Waals surface area (Å²) in [5, 5.41) is 21.8. The van der Waals surface area contributed by atoms with Crippen LogP contribution in [0.25, 0.3) is 0 Å². The predicted octanol–water partition coefficient (Wildman–Crippen LogP) is 0.992. The van der Waals surface area contributed by atoms with Gasteiger partial charge in [-0.1, -0.05) is 19.3 Å². The lowest BCUT2D eigenvalue weighted by Gasteiger charge is -2.34. The molecular formula is C11H21NO3. The molecule has 1 atom stereocenters. The van der Waals surface area contributed by atoms with Crippen LogP contribution in [0.15, 0.2) is 0 Å². The third-order valence-electron chi connectivity index (χ3n) is 3.33. The maximum Gasteiger partial charge on any atom is 0.309 e. The quantitative estimate of drug-likeness (QED) is 0.639. The molecule has 0 saturated heterocycles. The van der Waals surface area contributed by atoms with E-state index in [9.17, 15) is 15.0 Å². The molecule has 3 N–H and O–H groups in total. The lowest BCUT2D eigenvalue weighted by atomic mass is 9.70. The third-order valence-corrected chi connectivity index (χ3v) is 3.33. The largest absolute Gasteiger partial charge is 0.481 e. The molecule has 0 heterocycles. The summed E-state index contributed by atoms with van der Waals surface area (Å²) in [6.45, 7) is 0.467. The van der Waals surface area contributed by atoms with Gasteiger partial charge in [0.05, 0.1) is 11.5 Å². The zero-order valence-corrected chi connectivity index (χ0v) is 9.33. The number of likely N-dealkylation sites (N-methyl/N-ethyl adjacent to an activating group) is 1. The number of carboxylic acid groups (broad SMARTS) is 1. The van der Waals surface area contributed by atoms with Crippen LogP contribution in [0, 0.1) is 5.41 Å². The van der Waals surface area contributed by atoms with Gasteiger partial charge in [-0.15, -0.1) is 0 Å². The lowest BCUT2D eigenvalue weighted by Crippen LogP contribution is -2.39. The van der Waals surface area contributed by atoms with E-state index in [1.54, 1.807) is 7.05 Å². The summed E-state index contributed by atoms with van der Waals surface area (Å²) < 4.78 is 0. The van der Waals surface area contributed by atoms with Crippen LogP contribution in [0.2, 0.25) is 0 Å². The molecule has 0 aromatic carbocycles. The van der Waals surface area contributed by atoms with Crippen molar-refractivity contribution in [2.24, 2.45) is 5.41 Å². The zero-order chi connectivity index (χ0) is 11.3. The van der Waals surface area contributed by atoms with Gasteiger partial charge in [0.15, 0.2) is 0 Å². The predicted molar refractivity (Wildman–Crippen MR) is 57.7 cm³/mol. The van der Waals surface area contributed by atoms with E-state index < -0.39 is 17.5 Å². The number of aliphatic carboxylic acids is 1. The molecular weight excluding hydrogens is 194 g/mol. The van der Waals surface area contributed by atoms with Crippen molar-refractivity contribution >= 4 is 5.97 Å². The highest BCUT2D eigenvalue weighted by atomic mass is 16.4. The molecule has 1 aliphatic carbocycles. The number of nitrogens with one attached hydrogen (secondary N) is 1. The molecule has 0 aromatic rings. The molecule has 88 valence electrons. The molecule has 0 bridgehead atoms.